The average Bonchev–Trinajstić information content (AvgIpc) is 2.74. The van der Waals surface area contributed by atoms with E-state index in [0.29, 0.717) is 17.2 Å². The molecule has 0 saturated heterocycles. The SMILES string of the molecule is Cc1cc2c(N)nc(-c3ccc(F)c(C)c3)nc2s1. The van der Waals surface area contributed by atoms with Gasteiger partial charge in [-0.15, -0.1) is 11.3 Å². The molecule has 0 spiro atoms. The van der Waals surface area contributed by atoms with Crippen molar-refractivity contribution in [3.8, 4) is 11.4 Å². The van der Waals surface area contributed by atoms with Crippen molar-refractivity contribution < 1.29 is 4.39 Å². The van der Waals surface area contributed by atoms with Gasteiger partial charge < -0.3 is 5.73 Å². The van der Waals surface area contributed by atoms with Gasteiger partial charge in [-0.05, 0) is 43.7 Å². The number of hydrogen-bond donors (Lipinski definition) is 1. The number of fused-ring (bicyclic) bond motifs is 1. The minimum atomic E-state index is -0.232. The molecule has 0 bridgehead atoms. The van der Waals surface area contributed by atoms with E-state index in [2.05, 4.69) is 9.97 Å². The maximum Gasteiger partial charge on any atom is 0.163 e. The van der Waals surface area contributed by atoms with Crippen LogP contribution < -0.4 is 5.73 Å². The topological polar surface area (TPSA) is 51.8 Å². The summed E-state index contributed by atoms with van der Waals surface area (Å²) in [5.74, 6) is 0.769. The summed E-state index contributed by atoms with van der Waals surface area (Å²) in [6.07, 6.45) is 0. The van der Waals surface area contributed by atoms with Gasteiger partial charge in [0, 0.05) is 10.4 Å². The van der Waals surface area contributed by atoms with Crippen LogP contribution in [0.2, 0.25) is 0 Å². The zero-order valence-corrected chi connectivity index (χ0v) is 11.4. The smallest absolute Gasteiger partial charge is 0.163 e. The molecular formula is C14H12FN3S. The molecule has 3 rings (SSSR count). The van der Waals surface area contributed by atoms with Crippen LogP contribution in [-0.4, -0.2) is 9.97 Å². The predicted octanol–water partition coefficient (Wildman–Crippen LogP) is 3.70. The van der Waals surface area contributed by atoms with E-state index >= 15 is 0 Å². The van der Waals surface area contributed by atoms with Gasteiger partial charge >= 0.3 is 0 Å². The van der Waals surface area contributed by atoms with Crippen LogP contribution in [0.5, 0.6) is 0 Å². The molecular weight excluding hydrogens is 261 g/mol. The molecule has 0 fully saturated rings. The minimum absolute atomic E-state index is 0.232. The Labute approximate surface area is 113 Å². The van der Waals surface area contributed by atoms with Crippen molar-refractivity contribution in [1.82, 2.24) is 9.97 Å². The highest BCUT2D eigenvalue weighted by atomic mass is 32.1. The zero-order chi connectivity index (χ0) is 13.6. The number of nitrogens with zero attached hydrogens (tertiary/aromatic N) is 2. The van der Waals surface area contributed by atoms with Crippen LogP contribution in [0.25, 0.3) is 21.6 Å². The maximum absolute atomic E-state index is 13.3. The van der Waals surface area contributed by atoms with Gasteiger partial charge in [0.1, 0.15) is 16.5 Å². The number of benzene rings is 1. The van der Waals surface area contributed by atoms with Crippen LogP contribution in [0.3, 0.4) is 0 Å². The van der Waals surface area contributed by atoms with Gasteiger partial charge in [-0.3, -0.25) is 0 Å². The molecule has 0 saturated carbocycles. The second-order valence-electron chi connectivity index (χ2n) is 4.47. The van der Waals surface area contributed by atoms with Crippen molar-refractivity contribution >= 4 is 27.4 Å². The second-order valence-corrected chi connectivity index (χ2v) is 5.71. The van der Waals surface area contributed by atoms with Crippen LogP contribution in [0.15, 0.2) is 24.3 Å². The molecule has 2 aromatic heterocycles. The van der Waals surface area contributed by atoms with Crippen LogP contribution in [0.1, 0.15) is 10.4 Å². The summed E-state index contributed by atoms with van der Waals surface area (Å²) in [5.41, 5.74) is 7.30. The zero-order valence-electron chi connectivity index (χ0n) is 10.6. The highest BCUT2D eigenvalue weighted by Crippen LogP contribution is 2.29. The summed E-state index contributed by atoms with van der Waals surface area (Å²) in [5, 5.41) is 0.880. The molecule has 2 heterocycles. The molecule has 3 aromatic rings. The number of aromatic nitrogens is 2. The Morgan fingerprint density at radius 1 is 1.16 bits per heavy atom. The second kappa shape index (κ2) is 4.28. The Kier molecular flexibility index (Phi) is 2.71. The lowest BCUT2D eigenvalue weighted by Crippen LogP contribution is -1.96. The minimum Gasteiger partial charge on any atom is -0.383 e. The van der Waals surface area contributed by atoms with E-state index in [4.69, 9.17) is 5.73 Å². The fourth-order valence-electron chi connectivity index (χ4n) is 1.98. The van der Waals surface area contributed by atoms with Gasteiger partial charge in [0.2, 0.25) is 0 Å². The average molecular weight is 273 g/mol. The molecule has 96 valence electrons. The summed E-state index contributed by atoms with van der Waals surface area (Å²) in [7, 11) is 0. The fraction of sp³-hybridized carbons (Fsp3) is 0.143. The van der Waals surface area contributed by atoms with Gasteiger partial charge in [-0.25, -0.2) is 14.4 Å². The fourth-order valence-corrected chi connectivity index (χ4v) is 2.86. The van der Waals surface area contributed by atoms with Gasteiger partial charge in [-0.1, -0.05) is 0 Å². The summed E-state index contributed by atoms with van der Waals surface area (Å²) in [6.45, 7) is 3.73. The molecule has 0 radical (unpaired) electrons. The first-order chi connectivity index (χ1) is 9.04. The van der Waals surface area contributed by atoms with Crippen LogP contribution in [0.4, 0.5) is 10.2 Å². The Balaban J connectivity index is 2.21. The molecule has 5 heteroatoms. The molecule has 0 atom stereocenters. The van der Waals surface area contributed by atoms with Crippen LogP contribution in [0, 0.1) is 19.7 Å². The standard InChI is InChI=1S/C14H12FN3S/c1-7-5-9(3-4-11(7)15)13-17-12(16)10-6-8(2)19-14(10)18-13/h3-6H,1-2H3,(H2,16,17,18). The van der Waals surface area contributed by atoms with Gasteiger partial charge in [-0.2, -0.15) is 0 Å². The van der Waals surface area contributed by atoms with E-state index in [1.807, 2.05) is 13.0 Å². The first-order valence-corrected chi connectivity index (χ1v) is 6.66. The summed E-state index contributed by atoms with van der Waals surface area (Å²) < 4.78 is 13.3. The molecule has 0 aliphatic rings. The van der Waals surface area contributed by atoms with Crippen molar-refractivity contribution in [2.75, 3.05) is 5.73 Å². The van der Waals surface area contributed by atoms with E-state index in [1.165, 1.54) is 6.07 Å². The highest BCUT2D eigenvalue weighted by molar-refractivity contribution is 7.18. The highest BCUT2D eigenvalue weighted by Gasteiger charge is 2.10. The van der Waals surface area contributed by atoms with E-state index in [-0.39, 0.29) is 5.82 Å². The van der Waals surface area contributed by atoms with E-state index in [1.54, 1.807) is 30.4 Å². The lowest BCUT2D eigenvalue weighted by Gasteiger charge is -2.04. The molecule has 19 heavy (non-hydrogen) atoms. The number of rotatable bonds is 1. The van der Waals surface area contributed by atoms with Crippen LogP contribution >= 0.6 is 11.3 Å². The van der Waals surface area contributed by atoms with Crippen molar-refractivity contribution in [1.29, 1.82) is 0 Å². The Morgan fingerprint density at radius 3 is 2.68 bits per heavy atom. The van der Waals surface area contributed by atoms with Crippen molar-refractivity contribution in [2.45, 2.75) is 13.8 Å². The number of nitrogen functional groups attached to an aromatic ring is 1. The molecule has 0 aliphatic heterocycles. The number of nitrogens with two attached hydrogens (primary N) is 1. The van der Waals surface area contributed by atoms with Crippen molar-refractivity contribution in [3.05, 3.63) is 40.5 Å². The lowest BCUT2D eigenvalue weighted by molar-refractivity contribution is 0.618. The summed E-state index contributed by atoms with van der Waals surface area (Å²) in [4.78, 5) is 10.8. The third-order valence-corrected chi connectivity index (χ3v) is 3.91. The number of aryl methyl sites for hydroxylation is 2. The van der Waals surface area contributed by atoms with Crippen LogP contribution in [-0.2, 0) is 0 Å². The molecule has 0 unspecified atom stereocenters. The summed E-state index contributed by atoms with van der Waals surface area (Å²) >= 11 is 1.58. The van der Waals surface area contributed by atoms with E-state index in [0.717, 1.165) is 20.7 Å². The van der Waals surface area contributed by atoms with E-state index in [9.17, 15) is 4.39 Å². The van der Waals surface area contributed by atoms with Gasteiger partial charge in [0.15, 0.2) is 5.82 Å². The molecule has 2 N–H and O–H groups in total. The first kappa shape index (κ1) is 12.0. The summed E-state index contributed by atoms with van der Waals surface area (Å²) in [6, 6.07) is 6.81. The predicted molar refractivity (Wildman–Crippen MR) is 76.7 cm³/mol. The largest absolute Gasteiger partial charge is 0.383 e. The molecule has 0 aliphatic carbocycles. The number of anilines is 1. The number of hydrogen-bond acceptors (Lipinski definition) is 4. The van der Waals surface area contributed by atoms with E-state index < -0.39 is 0 Å². The number of thiophene rings is 1. The number of halogens is 1. The van der Waals surface area contributed by atoms with Crippen molar-refractivity contribution in [2.24, 2.45) is 0 Å². The monoisotopic (exact) mass is 273 g/mol. The normalized spacial score (nSPS) is 11.1. The quantitative estimate of drug-likeness (QED) is 0.735. The Morgan fingerprint density at radius 2 is 1.95 bits per heavy atom. The molecule has 1 aromatic carbocycles. The van der Waals surface area contributed by atoms with Gasteiger partial charge in [0.25, 0.3) is 0 Å². The molecule has 0 amide bonds. The lowest BCUT2D eigenvalue weighted by atomic mass is 10.1. The Hall–Kier alpha value is -2.01. The maximum atomic E-state index is 13.3. The third-order valence-electron chi connectivity index (χ3n) is 2.96. The Bertz CT molecular complexity index is 780. The van der Waals surface area contributed by atoms with Gasteiger partial charge in [0.05, 0.1) is 5.39 Å². The molecule has 3 nitrogen and oxygen atoms in total. The first-order valence-electron chi connectivity index (χ1n) is 5.85. The van der Waals surface area contributed by atoms with Crippen molar-refractivity contribution in [3.63, 3.8) is 0 Å². The third kappa shape index (κ3) is 2.06.